The van der Waals surface area contributed by atoms with E-state index in [-0.39, 0.29) is 0 Å². The molecule has 0 bridgehead atoms. The zero-order chi connectivity index (χ0) is 11.8. The second-order valence-electron chi connectivity index (χ2n) is 3.19. The molecule has 86 valence electrons. The van der Waals surface area contributed by atoms with Crippen LogP contribution in [0.3, 0.4) is 0 Å². The molecule has 5 heteroatoms. The number of urea groups is 1. The Bertz CT molecular complexity index is 365. The second-order valence-corrected chi connectivity index (χ2v) is 3.57. The Balaban J connectivity index is 2.78. The summed E-state index contributed by atoms with van der Waals surface area (Å²) >= 11 is 5.63. The zero-order valence-corrected chi connectivity index (χ0v) is 9.57. The average Bonchev–Trinajstić information content (AvgIpc) is 2.30. The van der Waals surface area contributed by atoms with Crippen LogP contribution in [-0.2, 0) is 0 Å². The highest BCUT2D eigenvalue weighted by Crippen LogP contribution is 2.06. The van der Waals surface area contributed by atoms with Gasteiger partial charge in [0.2, 0.25) is 0 Å². The molecule has 1 aromatic carbocycles. The number of rotatable bonds is 5. The highest BCUT2D eigenvalue weighted by Gasteiger charge is 2.03. The summed E-state index contributed by atoms with van der Waals surface area (Å²) in [6.07, 6.45) is 1.50. The topological polar surface area (TPSA) is 67.5 Å². The Hall–Kier alpha value is -1.55. The monoisotopic (exact) mass is 239 g/mol. The fraction of sp³-hybridized carbons (Fsp3) is 0.273. The van der Waals surface area contributed by atoms with Gasteiger partial charge in [-0.2, -0.15) is 5.10 Å². The molecule has 4 nitrogen and oxygen atoms in total. The first kappa shape index (κ1) is 12.5. The molecule has 0 aliphatic carbocycles. The molecule has 0 spiro atoms. The van der Waals surface area contributed by atoms with E-state index in [1.807, 2.05) is 30.3 Å². The Morgan fingerprint density at radius 3 is 2.62 bits per heavy atom. The molecule has 0 saturated carbocycles. The molecule has 3 N–H and O–H groups in total. The van der Waals surface area contributed by atoms with Crippen molar-refractivity contribution in [1.29, 1.82) is 0 Å². The van der Waals surface area contributed by atoms with Crippen LogP contribution in [0.25, 0.3) is 0 Å². The minimum Gasteiger partial charge on any atom is -0.350 e. The van der Waals surface area contributed by atoms with Gasteiger partial charge in [-0.05, 0) is 18.4 Å². The van der Waals surface area contributed by atoms with Crippen LogP contribution in [0.1, 0.15) is 18.4 Å². The number of benzene rings is 1. The van der Waals surface area contributed by atoms with Crippen LogP contribution in [0.2, 0.25) is 0 Å². The van der Waals surface area contributed by atoms with Crippen molar-refractivity contribution in [1.82, 2.24) is 5.43 Å². The van der Waals surface area contributed by atoms with Crippen LogP contribution in [0.4, 0.5) is 4.79 Å². The van der Waals surface area contributed by atoms with Crippen LogP contribution >= 0.6 is 11.6 Å². The molecule has 0 atom stereocenters. The van der Waals surface area contributed by atoms with Crippen LogP contribution in [0.5, 0.6) is 0 Å². The lowest BCUT2D eigenvalue weighted by Gasteiger charge is -2.05. The standard InChI is InChI=1S/C11H14ClN3O/c12-8-4-7-10(14-15-11(13)16)9-5-2-1-3-6-9/h1-3,5-6H,4,7-8H2,(H3,13,15,16)/b14-10+. The number of nitrogens with zero attached hydrogens (tertiary/aromatic N) is 1. The van der Waals surface area contributed by atoms with Crippen molar-refractivity contribution in [3.63, 3.8) is 0 Å². The number of carbonyl (C=O) groups is 1. The molecule has 2 amide bonds. The maximum Gasteiger partial charge on any atom is 0.332 e. The minimum atomic E-state index is -0.667. The number of alkyl halides is 1. The summed E-state index contributed by atoms with van der Waals surface area (Å²) in [5.74, 6) is 0.558. The summed E-state index contributed by atoms with van der Waals surface area (Å²) in [5.41, 5.74) is 8.94. The molecular formula is C11H14ClN3O. The van der Waals surface area contributed by atoms with Crippen molar-refractivity contribution in [3.8, 4) is 0 Å². The molecule has 16 heavy (non-hydrogen) atoms. The molecular weight excluding hydrogens is 226 g/mol. The van der Waals surface area contributed by atoms with E-state index in [1.54, 1.807) is 0 Å². The molecule has 1 rings (SSSR count). The largest absolute Gasteiger partial charge is 0.350 e. The van der Waals surface area contributed by atoms with E-state index in [0.717, 1.165) is 17.7 Å². The molecule has 0 radical (unpaired) electrons. The van der Waals surface area contributed by atoms with Crippen molar-refractivity contribution in [2.75, 3.05) is 5.88 Å². The third kappa shape index (κ3) is 4.31. The first-order chi connectivity index (χ1) is 7.74. The first-order valence-corrected chi connectivity index (χ1v) is 5.51. The number of nitrogens with two attached hydrogens (primary N) is 1. The Kier molecular flexibility index (Phi) is 5.36. The number of hydrogen-bond acceptors (Lipinski definition) is 2. The van der Waals surface area contributed by atoms with Crippen LogP contribution in [-0.4, -0.2) is 17.6 Å². The average molecular weight is 240 g/mol. The van der Waals surface area contributed by atoms with E-state index in [9.17, 15) is 4.79 Å². The predicted octanol–water partition coefficient (Wildman–Crippen LogP) is 2.08. The third-order valence-electron chi connectivity index (χ3n) is 1.96. The van der Waals surface area contributed by atoms with Gasteiger partial charge in [-0.15, -0.1) is 11.6 Å². The Morgan fingerprint density at radius 2 is 2.06 bits per heavy atom. The summed E-state index contributed by atoms with van der Waals surface area (Å²) in [6.45, 7) is 0. The summed E-state index contributed by atoms with van der Waals surface area (Å²) in [4.78, 5) is 10.6. The molecule has 1 aromatic rings. The van der Waals surface area contributed by atoms with Gasteiger partial charge in [-0.3, -0.25) is 0 Å². The first-order valence-electron chi connectivity index (χ1n) is 4.97. The number of hydrazone groups is 1. The van der Waals surface area contributed by atoms with E-state index < -0.39 is 6.03 Å². The van der Waals surface area contributed by atoms with Gasteiger partial charge in [-0.25, -0.2) is 10.2 Å². The Morgan fingerprint density at radius 1 is 1.38 bits per heavy atom. The highest BCUT2D eigenvalue weighted by atomic mass is 35.5. The normalized spacial score (nSPS) is 11.2. The molecule has 0 fully saturated rings. The van der Waals surface area contributed by atoms with Crippen molar-refractivity contribution < 1.29 is 4.79 Å². The van der Waals surface area contributed by atoms with Crippen LogP contribution in [0.15, 0.2) is 35.4 Å². The number of carbonyl (C=O) groups excluding carboxylic acids is 1. The SMILES string of the molecule is NC(=O)N/N=C(\CCCCl)c1ccccc1. The zero-order valence-electron chi connectivity index (χ0n) is 8.82. The minimum absolute atomic E-state index is 0.558. The number of primary amides is 1. The van der Waals surface area contributed by atoms with Crippen LogP contribution in [0, 0.1) is 0 Å². The summed E-state index contributed by atoms with van der Waals surface area (Å²) in [6, 6.07) is 8.93. The Labute approximate surface area is 99.5 Å². The predicted molar refractivity (Wildman–Crippen MR) is 65.7 cm³/mol. The van der Waals surface area contributed by atoms with Crippen molar-refractivity contribution in [2.24, 2.45) is 10.8 Å². The van der Waals surface area contributed by atoms with Crippen LogP contribution < -0.4 is 11.2 Å². The van der Waals surface area contributed by atoms with Crippen molar-refractivity contribution >= 4 is 23.3 Å². The van der Waals surface area contributed by atoms with E-state index in [0.29, 0.717) is 12.3 Å². The fourth-order valence-electron chi connectivity index (χ4n) is 1.25. The van der Waals surface area contributed by atoms with Gasteiger partial charge in [0.05, 0.1) is 5.71 Å². The van der Waals surface area contributed by atoms with Gasteiger partial charge >= 0.3 is 6.03 Å². The molecule has 0 aliphatic rings. The van der Waals surface area contributed by atoms with Gasteiger partial charge in [0.25, 0.3) is 0 Å². The summed E-state index contributed by atoms with van der Waals surface area (Å²) in [7, 11) is 0. The van der Waals surface area contributed by atoms with E-state index >= 15 is 0 Å². The molecule has 0 saturated heterocycles. The second kappa shape index (κ2) is 6.85. The van der Waals surface area contributed by atoms with Gasteiger partial charge in [-0.1, -0.05) is 30.3 Å². The smallest absolute Gasteiger partial charge is 0.332 e. The maximum absolute atomic E-state index is 10.6. The van der Waals surface area contributed by atoms with E-state index in [1.165, 1.54) is 0 Å². The van der Waals surface area contributed by atoms with Crippen molar-refractivity contribution in [2.45, 2.75) is 12.8 Å². The van der Waals surface area contributed by atoms with Gasteiger partial charge in [0, 0.05) is 5.88 Å². The maximum atomic E-state index is 10.6. The van der Waals surface area contributed by atoms with E-state index in [4.69, 9.17) is 17.3 Å². The number of halogens is 1. The lowest BCUT2D eigenvalue weighted by Crippen LogP contribution is -2.26. The molecule has 0 aliphatic heterocycles. The van der Waals surface area contributed by atoms with E-state index in [2.05, 4.69) is 10.5 Å². The van der Waals surface area contributed by atoms with Gasteiger partial charge in [0.1, 0.15) is 0 Å². The lowest BCUT2D eigenvalue weighted by atomic mass is 10.1. The summed E-state index contributed by atoms with van der Waals surface area (Å²) in [5, 5.41) is 3.96. The third-order valence-corrected chi connectivity index (χ3v) is 2.22. The lowest BCUT2D eigenvalue weighted by molar-refractivity contribution is 0.249. The van der Waals surface area contributed by atoms with Gasteiger partial charge < -0.3 is 5.73 Å². The van der Waals surface area contributed by atoms with Crippen molar-refractivity contribution in [3.05, 3.63) is 35.9 Å². The quantitative estimate of drug-likeness (QED) is 0.461. The highest BCUT2D eigenvalue weighted by molar-refractivity contribution is 6.18. The summed E-state index contributed by atoms with van der Waals surface area (Å²) < 4.78 is 0. The molecule has 0 aromatic heterocycles. The fourth-order valence-corrected chi connectivity index (χ4v) is 1.39. The number of nitrogens with one attached hydrogen (secondary N) is 1. The molecule has 0 heterocycles. The number of amides is 2. The number of hydrogen-bond donors (Lipinski definition) is 2. The van der Waals surface area contributed by atoms with Gasteiger partial charge in [0.15, 0.2) is 0 Å². The molecule has 0 unspecified atom stereocenters.